The lowest BCUT2D eigenvalue weighted by Crippen LogP contribution is -2.25. The van der Waals surface area contributed by atoms with Crippen LogP contribution in [0.25, 0.3) is 11.1 Å². The molecule has 0 spiro atoms. The van der Waals surface area contributed by atoms with Gasteiger partial charge in [0.15, 0.2) is 0 Å². The third-order valence-corrected chi connectivity index (χ3v) is 6.02. The first-order valence-electron chi connectivity index (χ1n) is 11.8. The molecule has 0 aliphatic heterocycles. The zero-order valence-electron chi connectivity index (χ0n) is 19.8. The van der Waals surface area contributed by atoms with Crippen molar-refractivity contribution in [3.63, 3.8) is 0 Å². The number of nitrogens with zero attached hydrogens (tertiary/aromatic N) is 1. The van der Waals surface area contributed by atoms with Crippen LogP contribution in [0, 0.1) is 0 Å². The van der Waals surface area contributed by atoms with Gasteiger partial charge in [-0.2, -0.15) is 0 Å². The first kappa shape index (κ1) is 23.9. The number of hydrogen-bond acceptors (Lipinski definition) is 3. The molecule has 0 radical (unpaired) electrons. The van der Waals surface area contributed by atoms with Gasteiger partial charge in [0.25, 0.3) is 5.91 Å². The highest BCUT2D eigenvalue weighted by Gasteiger charge is 2.16. The molecule has 176 valence electrons. The summed E-state index contributed by atoms with van der Waals surface area (Å²) in [6.45, 7) is 2.88. The molecule has 0 saturated heterocycles. The van der Waals surface area contributed by atoms with Gasteiger partial charge in [-0.25, -0.2) is 0 Å². The molecular weight excluding hydrogens is 434 g/mol. The minimum Gasteiger partial charge on any atom is -0.352 e. The maximum Gasteiger partial charge on any atom is 0.252 e. The smallest absolute Gasteiger partial charge is 0.252 e. The van der Waals surface area contributed by atoms with Crippen LogP contribution in [0.2, 0.25) is 0 Å². The lowest BCUT2D eigenvalue weighted by molar-refractivity contribution is -0.121. The SMILES string of the molecule is C[C@H](CC(=O)NCc1ccccc1-c1ccccc1C(=O)NCc1ccncc1)c1ccccc1. The van der Waals surface area contributed by atoms with E-state index in [1.165, 1.54) is 0 Å². The Labute approximate surface area is 206 Å². The van der Waals surface area contributed by atoms with Gasteiger partial charge in [0, 0.05) is 37.5 Å². The van der Waals surface area contributed by atoms with Gasteiger partial charge < -0.3 is 10.6 Å². The van der Waals surface area contributed by atoms with Gasteiger partial charge in [-0.05, 0) is 51.9 Å². The molecule has 0 fully saturated rings. The number of carbonyl (C=O) groups is 2. The van der Waals surface area contributed by atoms with Crippen LogP contribution in [0.5, 0.6) is 0 Å². The molecule has 2 N–H and O–H groups in total. The van der Waals surface area contributed by atoms with Gasteiger partial charge in [0.05, 0.1) is 0 Å². The highest BCUT2D eigenvalue weighted by molar-refractivity contribution is 6.01. The number of hydrogen-bond donors (Lipinski definition) is 2. The minimum absolute atomic E-state index is 0.000430. The molecule has 0 saturated carbocycles. The van der Waals surface area contributed by atoms with Crippen LogP contribution in [-0.2, 0) is 17.9 Å². The van der Waals surface area contributed by atoms with E-state index in [4.69, 9.17) is 0 Å². The fourth-order valence-corrected chi connectivity index (χ4v) is 4.07. The average molecular weight is 464 g/mol. The number of pyridine rings is 1. The van der Waals surface area contributed by atoms with Gasteiger partial charge in [0.2, 0.25) is 5.91 Å². The van der Waals surface area contributed by atoms with E-state index >= 15 is 0 Å². The van der Waals surface area contributed by atoms with Gasteiger partial charge in [-0.3, -0.25) is 14.6 Å². The highest BCUT2D eigenvalue weighted by Crippen LogP contribution is 2.27. The third-order valence-electron chi connectivity index (χ3n) is 6.02. The van der Waals surface area contributed by atoms with Gasteiger partial charge >= 0.3 is 0 Å². The minimum atomic E-state index is -0.145. The molecule has 2 amide bonds. The molecule has 5 heteroatoms. The first-order valence-corrected chi connectivity index (χ1v) is 11.8. The summed E-state index contributed by atoms with van der Waals surface area (Å²) in [6.07, 6.45) is 3.83. The van der Waals surface area contributed by atoms with E-state index in [0.29, 0.717) is 25.1 Å². The quantitative estimate of drug-likeness (QED) is 0.345. The van der Waals surface area contributed by atoms with Crippen LogP contribution < -0.4 is 10.6 Å². The van der Waals surface area contributed by atoms with Crippen molar-refractivity contribution < 1.29 is 9.59 Å². The van der Waals surface area contributed by atoms with E-state index in [0.717, 1.165) is 27.8 Å². The Morgan fingerprint density at radius 1 is 0.743 bits per heavy atom. The maximum atomic E-state index is 13.0. The number of nitrogens with one attached hydrogen (secondary N) is 2. The normalized spacial score (nSPS) is 11.5. The van der Waals surface area contributed by atoms with E-state index < -0.39 is 0 Å². The fourth-order valence-electron chi connectivity index (χ4n) is 4.07. The number of aromatic nitrogens is 1. The van der Waals surface area contributed by atoms with Crippen LogP contribution in [0.4, 0.5) is 0 Å². The Kier molecular flexibility index (Phi) is 8.02. The van der Waals surface area contributed by atoms with Crippen molar-refractivity contribution in [2.24, 2.45) is 0 Å². The molecule has 1 atom stereocenters. The number of rotatable bonds is 9. The molecule has 1 aromatic heterocycles. The predicted octanol–water partition coefficient (Wildman–Crippen LogP) is 5.49. The molecule has 0 aliphatic rings. The van der Waals surface area contributed by atoms with Crippen molar-refractivity contribution in [1.29, 1.82) is 0 Å². The predicted molar refractivity (Wildman–Crippen MR) is 139 cm³/mol. The van der Waals surface area contributed by atoms with Crippen molar-refractivity contribution in [3.8, 4) is 11.1 Å². The molecule has 4 rings (SSSR count). The Bertz CT molecular complexity index is 1270. The van der Waals surface area contributed by atoms with Gasteiger partial charge in [-0.1, -0.05) is 79.7 Å². The largest absolute Gasteiger partial charge is 0.352 e. The number of carbonyl (C=O) groups excluding carboxylic acids is 2. The Hall–Kier alpha value is -4.25. The molecule has 4 aromatic rings. The Morgan fingerprint density at radius 2 is 1.40 bits per heavy atom. The van der Waals surface area contributed by atoms with Crippen LogP contribution >= 0.6 is 0 Å². The second-order valence-corrected chi connectivity index (χ2v) is 8.53. The number of benzene rings is 3. The van der Waals surface area contributed by atoms with E-state index in [1.807, 2.05) is 91.0 Å². The van der Waals surface area contributed by atoms with Crippen molar-refractivity contribution >= 4 is 11.8 Å². The second-order valence-electron chi connectivity index (χ2n) is 8.53. The molecular formula is C30H29N3O2. The van der Waals surface area contributed by atoms with Gasteiger partial charge in [0.1, 0.15) is 0 Å². The van der Waals surface area contributed by atoms with E-state index in [2.05, 4.69) is 22.5 Å². The molecule has 0 unspecified atom stereocenters. The van der Waals surface area contributed by atoms with E-state index in [1.54, 1.807) is 12.4 Å². The number of amides is 2. The summed E-state index contributed by atoms with van der Waals surface area (Å²) in [7, 11) is 0. The molecule has 3 aromatic carbocycles. The lowest BCUT2D eigenvalue weighted by atomic mass is 9.94. The summed E-state index contributed by atoms with van der Waals surface area (Å²) < 4.78 is 0. The Balaban J connectivity index is 1.46. The second kappa shape index (κ2) is 11.7. The summed E-state index contributed by atoms with van der Waals surface area (Å²) >= 11 is 0. The zero-order chi connectivity index (χ0) is 24.5. The summed E-state index contributed by atoms with van der Waals surface area (Å²) in [5, 5.41) is 6.06. The maximum absolute atomic E-state index is 13.0. The molecule has 5 nitrogen and oxygen atoms in total. The summed E-state index contributed by atoms with van der Waals surface area (Å²) in [6, 6.07) is 29.2. The highest BCUT2D eigenvalue weighted by atomic mass is 16.2. The van der Waals surface area contributed by atoms with Crippen molar-refractivity contribution in [3.05, 3.63) is 126 Å². The third kappa shape index (κ3) is 6.42. The fraction of sp³-hybridized carbons (Fsp3) is 0.167. The van der Waals surface area contributed by atoms with Crippen LogP contribution in [0.3, 0.4) is 0 Å². The standard InChI is InChI=1S/C30H29N3O2/c1-22(24-9-3-2-4-10-24)19-29(34)32-21-25-11-5-6-12-26(25)27-13-7-8-14-28(27)30(35)33-20-23-15-17-31-18-16-23/h2-18,22H,19-21H2,1H3,(H,32,34)(H,33,35)/t22-/m1/s1. The Morgan fingerprint density at radius 3 is 2.17 bits per heavy atom. The summed E-state index contributed by atoms with van der Waals surface area (Å²) in [5.41, 5.74) is 5.45. The van der Waals surface area contributed by atoms with Crippen molar-refractivity contribution in [2.45, 2.75) is 32.4 Å². The monoisotopic (exact) mass is 463 g/mol. The summed E-state index contributed by atoms with van der Waals surface area (Å²) in [4.78, 5) is 29.7. The van der Waals surface area contributed by atoms with Crippen LogP contribution in [0.15, 0.2) is 103 Å². The van der Waals surface area contributed by atoms with Crippen LogP contribution in [-0.4, -0.2) is 16.8 Å². The van der Waals surface area contributed by atoms with Gasteiger partial charge in [-0.15, -0.1) is 0 Å². The molecule has 35 heavy (non-hydrogen) atoms. The topological polar surface area (TPSA) is 71.1 Å². The molecule has 0 bridgehead atoms. The average Bonchev–Trinajstić information content (AvgIpc) is 2.92. The van der Waals surface area contributed by atoms with Crippen LogP contribution in [0.1, 0.15) is 46.3 Å². The van der Waals surface area contributed by atoms with Crippen molar-refractivity contribution in [1.82, 2.24) is 15.6 Å². The molecule has 0 aliphatic carbocycles. The van der Waals surface area contributed by atoms with E-state index in [-0.39, 0.29) is 17.7 Å². The van der Waals surface area contributed by atoms with Crippen molar-refractivity contribution in [2.75, 3.05) is 0 Å². The van der Waals surface area contributed by atoms with E-state index in [9.17, 15) is 9.59 Å². The zero-order valence-corrected chi connectivity index (χ0v) is 19.8. The molecule has 1 heterocycles. The summed E-state index contributed by atoms with van der Waals surface area (Å²) in [5.74, 6) is -0.0104. The lowest BCUT2D eigenvalue weighted by Gasteiger charge is -2.16. The first-order chi connectivity index (χ1) is 17.1.